The van der Waals surface area contributed by atoms with Crippen LogP contribution in [0.2, 0.25) is 0 Å². The second-order valence-electron chi connectivity index (χ2n) is 7.22. The molecule has 0 radical (unpaired) electrons. The highest BCUT2D eigenvalue weighted by Crippen LogP contribution is 2.29. The fraction of sp³-hybridized carbons (Fsp3) is 0.533. The van der Waals surface area contributed by atoms with Crippen LogP contribution in [0.25, 0.3) is 0 Å². The number of hydrogen-bond donors (Lipinski definition) is 4. The summed E-state index contributed by atoms with van der Waals surface area (Å²) in [7, 11) is -4.80. The quantitative estimate of drug-likeness (QED) is 0.168. The normalized spacial score (nSPS) is 20.1. The van der Waals surface area contributed by atoms with Gasteiger partial charge in [-0.05, 0) is 19.8 Å². The van der Waals surface area contributed by atoms with Crippen LogP contribution < -0.4 is 11.1 Å². The van der Waals surface area contributed by atoms with Crippen molar-refractivity contribution in [2.24, 2.45) is 11.1 Å². The molecule has 2 rings (SSSR count). The molecule has 166 valence electrons. The third-order valence-electron chi connectivity index (χ3n) is 4.17. The van der Waals surface area contributed by atoms with Gasteiger partial charge in [0.2, 0.25) is 5.60 Å². The summed E-state index contributed by atoms with van der Waals surface area (Å²) >= 11 is 0.985. The largest absolute Gasteiger partial charge is 0.478 e. The lowest BCUT2D eigenvalue weighted by Crippen LogP contribution is -2.73. The zero-order valence-corrected chi connectivity index (χ0v) is 18.0. The number of carbonyl (C=O) groups excluding carboxylic acids is 2. The van der Waals surface area contributed by atoms with Crippen LogP contribution in [0.3, 0.4) is 0 Å². The van der Waals surface area contributed by atoms with Gasteiger partial charge in [-0.3, -0.25) is 14.1 Å². The number of hydrogen-bond acceptors (Lipinski definition) is 10. The van der Waals surface area contributed by atoms with Crippen LogP contribution in [0.5, 0.6) is 0 Å². The first kappa shape index (κ1) is 23.5. The van der Waals surface area contributed by atoms with Crippen molar-refractivity contribution in [2.75, 3.05) is 5.73 Å². The molecule has 2 atom stereocenters. The van der Waals surface area contributed by atoms with Crippen LogP contribution in [-0.4, -0.2) is 68.5 Å². The Bertz CT molecular complexity index is 1000. The number of rotatable bonds is 8. The summed E-state index contributed by atoms with van der Waals surface area (Å²) in [6.45, 7) is 5.61. The van der Waals surface area contributed by atoms with E-state index in [9.17, 15) is 27.4 Å². The number of thiazole rings is 1. The number of β-lactam (4-membered cyclic amide) rings is 1. The molecule has 15 heteroatoms. The summed E-state index contributed by atoms with van der Waals surface area (Å²) in [6, 6.07) is -2.30. The predicted octanol–water partition coefficient (Wildman–Crippen LogP) is -0.536. The van der Waals surface area contributed by atoms with Gasteiger partial charge in [0.05, 0.1) is 6.04 Å². The Labute approximate surface area is 175 Å². The van der Waals surface area contributed by atoms with Gasteiger partial charge < -0.3 is 21.0 Å². The predicted molar refractivity (Wildman–Crippen MR) is 105 cm³/mol. The van der Waals surface area contributed by atoms with Crippen molar-refractivity contribution < 1.29 is 37.3 Å². The third-order valence-corrected chi connectivity index (χ3v) is 5.77. The van der Waals surface area contributed by atoms with Gasteiger partial charge in [-0.15, -0.1) is 11.3 Å². The molecule has 1 aliphatic rings. The number of carboxylic acid groups (broad SMARTS) is 1. The maximum absolute atomic E-state index is 12.8. The summed E-state index contributed by atoms with van der Waals surface area (Å²) in [5, 5.41) is 16.5. The summed E-state index contributed by atoms with van der Waals surface area (Å²) in [6.07, 6.45) is 0. The Morgan fingerprint density at radius 2 is 2.03 bits per heavy atom. The minimum Gasteiger partial charge on any atom is -0.478 e. The van der Waals surface area contributed by atoms with E-state index in [1.807, 2.05) is 0 Å². The molecule has 0 unspecified atom stereocenters. The molecule has 1 aromatic rings. The monoisotopic (exact) mass is 463 g/mol. The van der Waals surface area contributed by atoms with E-state index < -0.39 is 57.4 Å². The molecule has 1 saturated heterocycles. The smallest absolute Gasteiger partial charge is 0.362 e. The zero-order valence-electron chi connectivity index (χ0n) is 16.4. The molecule has 2 amide bonds. The maximum Gasteiger partial charge on any atom is 0.362 e. The van der Waals surface area contributed by atoms with Gasteiger partial charge in [-0.1, -0.05) is 19.0 Å². The Morgan fingerprint density at radius 1 is 1.43 bits per heavy atom. The number of nitrogen functional groups attached to an aromatic ring is 1. The Kier molecular flexibility index (Phi) is 6.39. The number of amides is 2. The maximum atomic E-state index is 12.8. The van der Waals surface area contributed by atoms with E-state index in [1.165, 1.54) is 19.2 Å². The van der Waals surface area contributed by atoms with Gasteiger partial charge >= 0.3 is 16.3 Å². The number of aliphatic carboxylic acids is 1. The van der Waals surface area contributed by atoms with Crippen LogP contribution >= 0.6 is 11.3 Å². The molecule has 5 N–H and O–H groups in total. The number of anilines is 1. The summed E-state index contributed by atoms with van der Waals surface area (Å²) in [5.41, 5.74) is 3.30. The van der Waals surface area contributed by atoms with E-state index >= 15 is 0 Å². The average Bonchev–Trinajstić information content (AvgIpc) is 3.01. The standard InChI is InChI=1S/C15H21N5O8S2/c1-6(2)10-9(12(22)20(10)30(25,26)27)18-11(21)8(7-5-29-14(16)17-7)19-28-15(3,4)13(23)24/h5-6,9-10H,1-4H3,(H2,16,17)(H,18,21)(H,23,24)(H,25,26,27)/b19-8+/t9-,10+/m1/s1. The lowest BCUT2D eigenvalue weighted by atomic mass is 9.88. The molecule has 2 heterocycles. The minimum absolute atomic E-state index is 0.0318. The van der Waals surface area contributed by atoms with Crippen molar-refractivity contribution in [1.29, 1.82) is 0 Å². The van der Waals surface area contributed by atoms with Crippen LogP contribution in [0, 0.1) is 5.92 Å². The molecule has 0 saturated carbocycles. The Balaban J connectivity index is 2.33. The van der Waals surface area contributed by atoms with Crippen molar-refractivity contribution in [2.45, 2.75) is 45.4 Å². The highest BCUT2D eigenvalue weighted by molar-refractivity contribution is 7.84. The summed E-state index contributed by atoms with van der Waals surface area (Å²) in [4.78, 5) is 45.1. The second kappa shape index (κ2) is 8.16. The third kappa shape index (κ3) is 4.68. The van der Waals surface area contributed by atoms with Crippen molar-refractivity contribution >= 4 is 50.3 Å². The second-order valence-corrected chi connectivity index (χ2v) is 9.39. The number of carbonyl (C=O) groups is 3. The molecule has 1 aliphatic heterocycles. The molecule has 1 aromatic heterocycles. The van der Waals surface area contributed by atoms with Crippen molar-refractivity contribution in [3.05, 3.63) is 11.1 Å². The number of carboxylic acids is 1. The molecule has 30 heavy (non-hydrogen) atoms. The Morgan fingerprint density at radius 3 is 2.47 bits per heavy atom. The molecule has 1 fully saturated rings. The average molecular weight is 463 g/mol. The fourth-order valence-corrected chi connectivity index (χ4v) is 4.12. The summed E-state index contributed by atoms with van der Waals surface area (Å²) in [5.74, 6) is -3.79. The van der Waals surface area contributed by atoms with Gasteiger partial charge in [0.25, 0.3) is 11.8 Å². The van der Waals surface area contributed by atoms with Gasteiger partial charge in [-0.2, -0.15) is 8.42 Å². The molecular weight excluding hydrogens is 442 g/mol. The van der Waals surface area contributed by atoms with Crippen LogP contribution in [0.4, 0.5) is 5.13 Å². The SMILES string of the molecule is CC(C)[C@H]1[C@@H](NC(=O)/C(=N/OC(C)(C)C(=O)O)c2csc(N)n2)C(=O)N1S(=O)(=O)O. The first-order valence-electron chi connectivity index (χ1n) is 8.49. The highest BCUT2D eigenvalue weighted by Gasteiger charge is 2.55. The molecule has 0 spiro atoms. The van der Waals surface area contributed by atoms with Crippen LogP contribution in [0.15, 0.2) is 10.5 Å². The zero-order chi connectivity index (χ0) is 23.0. The molecular formula is C15H21N5O8S2. The van der Waals surface area contributed by atoms with Crippen LogP contribution in [0.1, 0.15) is 33.4 Å². The first-order chi connectivity index (χ1) is 13.7. The molecule has 0 aromatic carbocycles. The van der Waals surface area contributed by atoms with Gasteiger partial charge in [-0.25, -0.2) is 14.1 Å². The lowest BCUT2D eigenvalue weighted by Gasteiger charge is -2.46. The van der Waals surface area contributed by atoms with Gasteiger partial charge in [0.1, 0.15) is 11.7 Å². The van der Waals surface area contributed by atoms with E-state index in [1.54, 1.807) is 13.8 Å². The van der Waals surface area contributed by atoms with Crippen molar-refractivity contribution in [1.82, 2.24) is 14.6 Å². The van der Waals surface area contributed by atoms with E-state index in [0.29, 0.717) is 0 Å². The molecule has 0 aliphatic carbocycles. The number of nitrogens with zero attached hydrogens (tertiary/aromatic N) is 3. The molecule has 13 nitrogen and oxygen atoms in total. The topological polar surface area (TPSA) is 202 Å². The van der Waals surface area contributed by atoms with Gasteiger partial charge in [0, 0.05) is 5.38 Å². The van der Waals surface area contributed by atoms with Crippen molar-refractivity contribution in [3.63, 3.8) is 0 Å². The fourth-order valence-electron chi connectivity index (χ4n) is 2.56. The number of nitrogens with two attached hydrogens (primary N) is 1. The van der Waals surface area contributed by atoms with E-state index in [-0.39, 0.29) is 15.1 Å². The van der Waals surface area contributed by atoms with E-state index in [0.717, 1.165) is 11.3 Å². The highest BCUT2D eigenvalue weighted by atomic mass is 32.2. The van der Waals surface area contributed by atoms with Crippen molar-refractivity contribution in [3.8, 4) is 0 Å². The van der Waals surface area contributed by atoms with E-state index in [4.69, 9.17) is 15.7 Å². The Hall–Kier alpha value is -2.78. The summed E-state index contributed by atoms with van der Waals surface area (Å²) < 4.78 is 32.4. The van der Waals surface area contributed by atoms with Gasteiger partial charge in [0.15, 0.2) is 10.8 Å². The molecule has 0 bridgehead atoms. The van der Waals surface area contributed by atoms with Crippen LogP contribution in [-0.2, 0) is 29.5 Å². The minimum atomic E-state index is -4.80. The number of oxime groups is 1. The van der Waals surface area contributed by atoms with E-state index in [2.05, 4.69) is 15.5 Å². The first-order valence-corrected chi connectivity index (χ1v) is 10.8. The number of aromatic nitrogens is 1. The lowest BCUT2D eigenvalue weighted by molar-refractivity contribution is -0.161. The number of nitrogens with one attached hydrogen (secondary N) is 1.